The van der Waals surface area contributed by atoms with Gasteiger partial charge in [0.25, 0.3) is 5.56 Å². The fourth-order valence-corrected chi connectivity index (χ4v) is 3.12. The van der Waals surface area contributed by atoms with Gasteiger partial charge in [0.05, 0.1) is 5.70 Å². The summed E-state index contributed by atoms with van der Waals surface area (Å²) in [4.78, 5) is 24.4. The van der Waals surface area contributed by atoms with E-state index in [0.717, 1.165) is 5.56 Å². The highest BCUT2D eigenvalue weighted by molar-refractivity contribution is 5.83. The average Bonchev–Trinajstić information content (AvgIpc) is 2.53. The molecule has 1 aromatic carbocycles. The zero-order valence-corrected chi connectivity index (χ0v) is 14.6. The van der Waals surface area contributed by atoms with Crippen LogP contribution in [0.5, 0.6) is 5.75 Å². The first-order valence-corrected chi connectivity index (χ1v) is 7.95. The minimum atomic E-state index is -1.02. The molecule has 6 heteroatoms. The third-order valence-electron chi connectivity index (χ3n) is 4.20. The molecule has 25 heavy (non-hydrogen) atoms. The Balaban J connectivity index is 2.48. The van der Waals surface area contributed by atoms with Crippen molar-refractivity contribution in [2.45, 2.75) is 33.3 Å². The van der Waals surface area contributed by atoms with Crippen molar-refractivity contribution in [1.82, 2.24) is 9.63 Å². The number of ether oxygens (including phenoxy) is 1. The van der Waals surface area contributed by atoms with Crippen molar-refractivity contribution in [3.8, 4) is 5.75 Å². The number of nitrogens with zero attached hydrogens (tertiary/aromatic N) is 2. The Hall–Kier alpha value is -2.86. The molecule has 1 N–H and O–H groups in total. The molecule has 1 aliphatic rings. The molecule has 0 radical (unpaired) electrons. The number of aromatic nitrogens is 1. The largest absolute Gasteiger partial charge is 0.481 e. The zero-order chi connectivity index (χ0) is 18.4. The van der Waals surface area contributed by atoms with Gasteiger partial charge in [-0.2, -0.15) is 5.06 Å². The number of hydrogen-bond donors (Lipinski definition) is 1. The van der Waals surface area contributed by atoms with Crippen LogP contribution in [-0.2, 0) is 4.79 Å². The Labute approximate surface area is 145 Å². The summed E-state index contributed by atoms with van der Waals surface area (Å²) in [7, 11) is 0. The van der Waals surface area contributed by atoms with Crippen LogP contribution < -0.4 is 10.3 Å². The van der Waals surface area contributed by atoms with Gasteiger partial charge in [-0.3, -0.25) is 19.4 Å². The van der Waals surface area contributed by atoms with E-state index in [9.17, 15) is 14.8 Å². The van der Waals surface area contributed by atoms with Gasteiger partial charge < -0.3 is 4.74 Å². The first-order chi connectivity index (χ1) is 11.7. The van der Waals surface area contributed by atoms with Crippen LogP contribution in [0, 0.1) is 6.92 Å². The summed E-state index contributed by atoms with van der Waals surface area (Å²) < 4.78 is 7.48. The second-order valence-electron chi connectivity index (χ2n) is 6.50. The van der Waals surface area contributed by atoms with E-state index in [1.54, 1.807) is 32.2 Å². The Morgan fingerprint density at radius 2 is 1.92 bits per heavy atom. The lowest BCUT2D eigenvalue weighted by molar-refractivity contribution is -0.159. The minimum Gasteiger partial charge on any atom is -0.481 e. The van der Waals surface area contributed by atoms with Crippen molar-refractivity contribution in [2.24, 2.45) is 0 Å². The van der Waals surface area contributed by atoms with E-state index in [1.807, 2.05) is 25.1 Å². The molecule has 130 valence electrons. The van der Waals surface area contributed by atoms with Crippen molar-refractivity contribution in [3.05, 3.63) is 69.8 Å². The van der Waals surface area contributed by atoms with Gasteiger partial charge in [-0.1, -0.05) is 18.2 Å². The van der Waals surface area contributed by atoms with Crippen molar-refractivity contribution >= 4 is 11.6 Å². The second kappa shape index (κ2) is 5.89. The molecule has 0 bridgehead atoms. The maximum atomic E-state index is 12.5. The Morgan fingerprint density at radius 3 is 2.56 bits per heavy atom. The Bertz CT molecular complexity index is 940. The van der Waals surface area contributed by atoms with Crippen LogP contribution in [-0.4, -0.2) is 26.3 Å². The number of rotatable bonds is 2. The van der Waals surface area contributed by atoms with Crippen LogP contribution in [0.1, 0.15) is 31.9 Å². The van der Waals surface area contributed by atoms with Gasteiger partial charge in [-0.05, 0) is 38.5 Å². The summed E-state index contributed by atoms with van der Waals surface area (Å²) in [5.74, 6) is 0.0293. The number of benzene rings is 1. The second-order valence-corrected chi connectivity index (χ2v) is 6.50. The van der Waals surface area contributed by atoms with E-state index >= 15 is 0 Å². The molecule has 1 aromatic heterocycles. The van der Waals surface area contributed by atoms with Gasteiger partial charge in [0.1, 0.15) is 17.0 Å². The minimum absolute atomic E-state index is 0.218. The molecule has 0 unspecified atom stereocenters. The number of carbonyl (C=O) groups excluding carboxylic acids is 1. The molecule has 1 aliphatic heterocycles. The molecule has 0 saturated carbocycles. The number of aryl methyl sites for hydroxylation is 1. The van der Waals surface area contributed by atoms with E-state index in [-0.39, 0.29) is 11.3 Å². The van der Waals surface area contributed by atoms with E-state index in [0.29, 0.717) is 22.1 Å². The average molecular weight is 340 g/mol. The smallest absolute Gasteiger partial charge is 0.255 e. The molecule has 0 saturated heterocycles. The predicted octanol–water partition coefficient (Wildman–Crippen LogP) is 2.78. The standard InChI is InChI=1S/C19H20N2O4/c1-12-8-7-9-14-16(12)17(20-11-6-5-10-15(20)23)18(19(3,4)25-14)21(24)13(2)22/h5-11,24H,1-4H3. The molecule has 2 aromatic rings. The number of pyridine rings is 1. The molecule has 0 atom stereocenters. The third-order valence-corrected chi connectivity index (χ3v) is 4.20. The third kappa shape index (κ3) is 2.74. The van der Waals surface area contributed by atoms with Crippen molar-refractivity contribution in [3.63, 3.8) is 0 Å². The van der Waals surface area contributed by atoms with Crippen molar-refractivity contribution in [1.29, 1.82) is 0 Å². The SMILES string of the molecule is CC(=O)N(O)C1=C(n2ccccc2=O)c2c(C)cccc2OC1(C)C. The molecule has 6 nitrogen and oxygen atoms in total. The van der Waals surface area contributed by atoms with Crippen LogP contribution >= 0.6 is 0 Å². The van der Waals surface area contributed by atoms with E-state index < -0.39 is 11.5 Å². The highest BCUT2D eigenvalue weighted by atomic mass is 16.5. The van der Waals surface area contributed by atoms with Gasteiger partial charge in [0.15, 0.2) is 0 Å². The summed E-state index contributed by atoms with van der Waals surface area (Å²) in [6.45, 7) is 6.63. The molecule has 0 spiro atoms. The first-order valence-electron chi connectivity index (χ1n) is 7.95. The molecular weight excluding hydrogens is 320 g/mol. The quantitative estimate of drug-likeness (QED) is 0.674. The molecule has 2 heterocycles. The maximum Gasteiger partial charge on any atom is 0.255 e. The van der Waals surface area contributed by atoms with E-state index in [4.69, 9.17) is 4.74 Å². The number of carbonyl (C=O) groups is 1. The van der Waals surface area contributed by atoms with Crippen molar-refractivity contribution < 1.29 is 14.7 Å². The lowest BCUT2D eigenvalue weighted by Crippen LogP contribution is -2.45. The molecular formula is C19H20N2O4. The number of hydroxylamine groups is 2. The summed E-state index contributed by atoms with van der Waals surface area (Å²) in [6, 6.07) is 10.4. The van der Waals surface area contributed by atoms with Crippen LogP contribution in [0.4, 0.5) is 0 Å². The summed E-state index contributed by atoms with van der Waals surface area (Å²) in [6.07, 6.45) is 1.61. The van der Waals surface area contributed by atoms with Crippen LogP contribution in [0.25, 0.3) is 5.70 Å². The maximum absolute atomic E-state index is 12.5. The first kappa shape index (κ1) is 17.0. The molecule has 1 amide bonds. The van der Waals surface area contributed by atoms with Crippen LogP contribution in [0.3, 0.4) is 0 Å². The highest BCUT2D eigenvalue weighted by Crippen LogP contribution is 2.43. The molecule has 0 aliphatic carbocycles. The summed E-state index contributed by atoms with van der Waals surface area (Å²) in [5, 5.41) is 11.0. The predicted molar refractivity (Wildman–Crippen MR) is 93.2 cm³/mol. The monoisotopic (exact) mass is 340 g/mol. The van der Waals surface area contributed by atoms with E-state index in [1.165, 1.54) is 17.6 Å². The Morgan fingerprint density at radius 1 is 1.20 bits per heavy atom. The zero-order valence-electron chi connectivity index (χ0n) is 14.6. The number of amides is 1. The van der Waals surface area contributed by atoms with Crippen molar-refractivity contribution in [2.75, 3.05) is 0 Å². The van der Waals surface area contributed by atoms with Gasteiger partial charge in [0.2, 0.25) is 5.91 Å². The fraction of sp³-hybridized carbons (Fsp3) is 0.263. The molecule has 3 rings (SSSR count). The van der Waals surface area contributed by atoms with Gasteiger partial charge >= 0.3 is 0 Å². The lowest BCUT2D eigenvalue weighted by atomic mass is 9.92. The fourth-order valence-electron chi connectivity index (χ4n) is 3.12. The van der Waals surface area contributed by atoms with Gasteiger partial charge in [-0.25, -0.2) is 0 Å². The number of hydrogen-bond acceptors (Lipinski definition) is 4. The van der Waals surface area contributed by atoms with Crippen LogP contribution in [0.2, 0.25) is 0 Å². The van der Waals surface area contributed by atoms with Crippen LogP contribution in [0.15, 0.2) is 53.1 Å². The normalized spacial score (nSPS) is 15.4. The van der Waals surface area contributed by atoms with Gasteiger partial charge in [0, 0.05) is 24.8 Å². The summed E-state index contributed by atoms with van der Waals surface area (Å²) >= 11 is 0. The number of fused-ring (bicyclic) bond motifs is 1. The summed E-state index contributed by atoms with van der Waals surface area (Å²) in [5.41, 5.74) is 0.909. The Kier molecular flexibility index (Phi) is 4.00. The molecule has 0 fully saturated rings. The van der Waals surface area contributed by atoms with Gasteiger partial charge in [-0.15, -0.1) is 0 Å². The lowest BCUT2D eigenvalue weighted by Gasteiger charge is -2.39. The topological polar surface area (TPSA) is 71.8 Å². The highest BCUT2D eigenvalue weighted by Gasteiger charge is 2.41. The van der Waals surface area contributed by atoms with E-state index in [2.05, 4.69) is 0 Å².